The predicted octanol–water partition coefficient (Wildman–Crippen LogP) is 2.39. The van der Waals surface area contributed by atoms with Gasteiger partial charge in [0.05, 0.1) is 6.07 Å². The standard InChI is InChI=1S/C9H12N2S/c1-6(2)7-3-4-12-9(7)8(11)5-10/h3-4,6,8H,11H2,1-2H3. The number of hydrogen-bond donors (Lipinski definition) is 1. The molecule has 0 aliphatic heterocycles. The van der Waals surface area contributed by atoms with E-state index in [-0.39, 0.29) is 0 Å². The van der Waals surface area contributed by atoms with Gasteiger partial charge < -0.3 is 5.73 Å². The van der Waals surface area contributed by atoms with Gasteiger partial charge in [0.15, 0.2) is 0 Å². The lowest BCUT2D eigenvalue weighted by atomic mass is 10.0. The second kappa shape index (κ2) is 3.70. The first-order valence-corrected chi connectivity index (χ1v) is 4.77. The van der Waals surface area contributed by atoms with Gasteiger partial charge in [0, 0.05) is 4.88 Å². The molecule has 1 aromatic heterocycles. The van der Waals surface area contributed by atoms with E-state index in [0.29, 0.717) is 5.92 Å². The molecule has 1 atom stereocenters. The molecule has 3 heteroatoms. The van der Waals surface area contributed by atoms with E-state index in [0.717, 1.165) is 4.88 Å². The third-order valence-electron chi connectivity index (χ3n) is 1.77. The summed E-state index contributed by atoms with van der Waals surface area (Å²) in [5, 5.41) is 10.6. The Morgan fingerprint density at radius 1 is 1.58 bits per heavy atom. The van der Waals surface area contributed by atoms with Crippen LogP contribution in [0.1, 0.15) is 36.2 Å². The Bertz CT molecular complexity index is 296. The third kappa shape index (κ3) is 1.66. The Balaban J connectivity index is 3.01. The van der Waals surface area contributed by atoms with Crippen molar-refractivity contribution in [2.24, 2.45) is 5.73 Å². The Labute approximate surface area is 76.6 Å². The second-order valence-electron chi connectivity index (χ2n) is 3.00. The smallest absolute Gasteiger partial charge is 0.128 e. The Morgan fingerprint density at radius 2 is 2.25 bits per heavy atom. The fourth-order valence-corrected chi connectivity index (χ4v) is 2.12. The summed E-state index contributed by atoms with van der Waals surface area (Å²) in [6.07, 6.45) is 0. The van der Waals surface area contributed by atoms with Crippen LogP contribution in [0.3, 0.4) is 0 Å². The summed E-state index contributed by atoms with van der Waals surface area (Å²) in [4.78, 5) is 1.01. The van der Waals surface area contributed by atoms with Gasteiger partial charge in [-0.15, -0.1) is 11.3 Å². The monoisotopic (exact) mass is 180 g/mol. The first-order chi connectivity index (χ1) is 5.66. The molecule has 0 aliphatic carbocycles. The lowest BCUT2D eigenvalue weighted by molar-refractivity contribution is 0.830. The Morgan fingerprint density at radius 3 is 2.75 bits per heavy atom. The van der Waals surface area contributed by atoms with Crippen molar-refractivity contribution in [2.75, 3.05) is 0 Å². The van der Waals surface area contributed by atoms with Gasteiger partial charge in [-0.05, 0) is 22.9 Å². The van der Waals surface area contributed by atoms with E-state index in [1.807, 2.05) is 11.4 Å². The molecular formula is C9H12N2S. The van der Waals surface area contributed by atoms with Crippen molar-refractivity contribution < 1.29 is 0 Å². The van der Waals surface area contributed by atoms with Crippen molar-refractivity contribution in [3.05, 3.63) is 21.9 Å². The first-order valence-electron chi connectivity index (χ1n) is 3.89. The molecule has 0 bridgehead atoms. The quantitative estimate of drug-likeness (QED) is 0.759. The number of hydrogen-bond acceptors (Lipinski definition) is 3. The average Bonchev–Trinajstić information content (AvgIpc) is 2.50. The van der Waals surface area contributed by atoms with E-state index in [4.69, 9.17) is 11.0 Å². The Hall–Kier alpha value is -0.850. The zero-order valence-corrected chi connectivity index (χ0v) is 8.06. The highest BCUT2D eigenvalue weighted by Gasteiger charge is 2.13. The molecule has 2 N–H and O–H groups in total. The second-order valence-corrected chi connectivity index (χ2v) is 3.95. The SMILES string of the molecule is CC(C)c1ccsc1C(N)C#N. The molecule has 0 aromatic carbocycles. The van der Waals surface area contributed by atoms with Crippen molar-refractivity contribution in [1.29, 1.82) is 5.26 Å². The van der Waals surface area contributed by atoms with Gasteiger partial charge >= 0.3 is 0 Å². The highest BCUT2D eigenvalue weighted by molar-refractivity contribution is 7.10. The molecule has 0 amide bonds. The largest absolute Gasteiger partial charge is 0.312 e. The van der Waals surface area contributed by atoms with E-state index in [2.05, 4.69) is 19.9 Å². The van der Waals surface area contributed by atoms with E-state index >= 15 is 0 Å². The van der Waals surface area contributed by atoms with Crippen molar-refractivity contribution in [3.63, 3.8) is 0 Å². The summed E-state index contributed by atoms with van der Waals surface area (Å²) in [6, 6.07) is 3.64. The van der Waals surface area contributed by atoms with Crippen LogP contribution in [0.5, 0.6) is 0 Å². The molecule has 0 spiro atoms. The summed E-state index contributed by atoms with van der Waals surface area (Å²) in [5.41, 5.74) is 6.83. The van der Waals surface area contributed by atoms with Gasteiger partial charge in [-0.2, -0.15) is 5.26 Å². The molecule has 0 saturated heterocycles. The van der Waals surface area contributed by atoms with Crippen LogP contribution < -0.4 is 5.73 Å². The number of nitrogens with zero attached hydrogens (tertiary/aromatic N) is 1. The van der Waals surface area contributed by atoms with Crippen LogP contribution in [0.15, 0.2) is 11.4 Å². The normalized spacial score (nSPS) is 12.9. The van der Waals surface area contributed by atoms with Gasteiger partial charge in [-0.3, -0.25) is 0 Å². The van der Waals surface area contributed by atoms with Crippen LogP contribution in [0.4, 0.5) is 0 Å². The van der Waals surface area contributed by atoms with Gasteiger partial charge in [0.2, 0.25) is 0 Å². The van der Waals surface area contributed by atoms with Crippen molar-refractivity contribution in [2.45, 2.75) is 25.8 Å². The predicted molar refractivity (Wildman–Crippen MR) is 50.9 cm³/mol. The van der Waals surface area contributed by atoms with Gasteiger partial charge in [0.25, 0.3) is 0 Å². The Kier molecular flexibility index (Phi) is 2.85. The lowest BCUT2D eigenvalue weighted by Crippen LogP contribution is -2.07. The van der Waals surface area contributed by atoms with E-state index in [1.54, 1.807) is 11.3 Å². The highest BCUT2D eigenvalue weighted by atomic mass is 32.1. The van der Waals surface area contributed by atoms with Gasteiger partial charge in [-0.1, -0.05) is 13.8 Å². The molecular weight excluding hydrogens is 168 g/mol. The van der Waals surface area contributed by atoms with E-state index in [1.165, 1.54) is 5.56 Å². The van der Waals surface area contributed by atoms with Crippen molar-refractivity contribution in [3.8, 4) is 6.07 Å². The zero-order chi connectivity index (χ0) is 9.14. The fraction of sp³-hybridized carbons (Fsp3) is 0.444. The zero-order valence-electron chi connectivity index (χ0n) is 7.24. The molecule has 1 aromatic rings. The molecule has 0 saturated carbocycles. The van der Waals surface area contributed by atoms with Gasteiger partial charge in [-0.25, -0.2) is 0 Å². The summed E-state index contributed by atoms with van der Waals surface area (Å²) in [7, 11) is 0. The molecule has 12 heavy (non-hydrogen) atoms. The first kappa shape index (κ1) is 9.24. The molecule has 1 rings (SSSR count). The van der Waals surface area contributed by atoms with Crippen molar-refractivity contribution in [1.82, 2.24) is 0 Å². The molecule has 0 radical (unpaired) electrons. The molecule has 2 nitrogen and oxygen atoms in total. The van der Waals surface area contributed by atoms with Crippen LogP contribution in [-0.2, 0) is 0 Å². The summed E-state index contributed by atoms with van der Waals surface area (Å²) >= 11 is 1.56. The number of thiophene rings is 1. The number of nitrogens with two attached hydrogens (primary N) is 1. The lowest BCUT2D eigenvalue weighted by Gasteiger charge is -2.07. The van der Waals surface area contributed by atoms with Crippen LogP contribution in [0.2, 0.25) is 0 Å². The maximum atomic E-state index is 8.64. The van der Waals surface area contributed by atoms with Crippen LogP contribution in [0.25, 0.3) is 0 Å². The minimum Gasteiger partial charge on any atom is -0.312 e. The highest BCUT2D eigenvalue weighted by Crippen LogP contribution is 2.28. The maximum absolute atomic E-state index is 8.64. The van der Waals surface area contributed by atoms with Crippen molar-refractivity contribution >= 4 is 11.3 Å². The topological polar surface area (TPSA) is 49.8 Å². The molecule has 1 unspecified atom stereocenters. The fourth-order valence-electron chi connectivity index (χ4n) is 1.12. The molecule has 0 aliphatic rings. The number of rotatable bonds is 2. The van der Waals surface area contributed by atoms with Gasteiger partial charge in [0.1, 0.15) is 6.04 Å². The van der Waals surface area contributed by atoms with Crippen LogP contribution in [0, 0.1) is 11.3 Å². The maximum Gasteiger partial charge on any atom is 0.128 e. The van der Waals surface area contributed by atoms with E-state index in [9.17, 15) is 0 Å². The molecule has 1 heterocycles. The minimum absolute atomic E-state index is 0.450. The third-order valence-corrected chi connectivity index (χ3v) is 2.79. The van der Waals surface area contributed by atoms with Crippen LogP contribution >= 0.6 is 11.3 Å². The van der Waals surface area contributed by atoms with E-state index < -0.39 is 6.04 Å². The number of nitriles is 1. The summed E-state index contributed by atoms with van der Waals surface area (Å²) in [6.45, 7) is 4.21. The summed E-state index contributed by atoms with van der Waals surface area (Å²) in [5.74, 6) is 0.450. The minimum atomic E-state index is -0.456. The molecule has 0 fully saturated rings. The average molecular weight is 180 g/mol. The van der Waals surface area contributed by atoms with Crippen LogP contribution in [-0.4, -0.2) is 0 Å². The summed E-state index contributed by atoms with van der Waals surface area (Å²) < 4.78 is 0. The molecule has 64 valence electrons.